The van der Waals surface area contributed by atoms with Crippen LogP contribution in [0.15, 0.2) is 12.1 Å². The van der Waals surface area contributed by atoms with Gasteiger partial charge >= 0.3 is 5.97 Å². The normalized spacial score (nSPS) is 9.85. The summed E-state index contributed by atoms with van der Waals surface area (Å²) < 4.78 is 4.83. The van der Waals surface area contributed by atoms with Crippen molar-refractivity contribution in [2.24, 2.45) is 0 Å². The Morgan fingerprint density at radius 3 is 2.15 bits per heavy atom. The van der Waals surface area contributed by atoms with E-state index in [0.29, 0.717) is 10.0 Å². The number of ether oxygens (including phenoxy) is 1. The van der Waals surface area contributed by atoms with Crippen LogP contribution in [0.3, 0.4) is 0 Å². The third-order valence-corrected chi connectivity index (χ3v) is 1.95. The summed E-state index contributed by atoms with van der Waals surface area (Å²) in [5.41, 5.74) is 0.922. The van der Waals surface area contributed by atoms with E-state index in [1.54, 1.807) is 12.1 Å². The highest BCUT2D eigenvalue weighted by Gasteiger charge is 2.09. The second kappa shape index (κ2) is 3.99. The van der Waals surface area contributed by atoms with Gasteiger partial charge in [-0.05, 0) is 24.6 Å². The largest absolute Gasteiger partial charge is 0.424 e. The molecule has 0 bridgehead atoms. The molecule has 0 N–H and O–H groups in total. The van der Waals surface area contributed by atoms with Gasteiger partial charge in [0.05, 0.1) is 10.0 Å². The number of aryl methyl sites for hydroxylation is 1. The van der Waals surface area contributed by atoms with Crippen LogP contribution < -0.4 is 4.74 Å². The molecule has 0 radical (unpaired) electrons. The molecule has 0 amide bonds. The molecule has 1 aromatic carbocycles. The van der Waals surface area contributed by atoms with E-state index in [1.165, 1.54) is 6.92 Å². The van der Waals surface area contributed by atoms with Crippen LogP contribution in [-0.2, 0) is 4.79 Å². The number of rotatable bonds is 1. The van der Waals surface area contributed by atoms with Crippen molar-refractivity contribution in [1.29, 1.82) is 0 Å². The number of hydrogen-bond donors (Lipinski definition) is 0. The van der Waals surface area contributed by atoms with Crippen LogP contribution in [0.5, 0.6) is 5.75 Å². The van der Waals surface area contributed by atoms with E-state index >= 15 is 0 Å². The molecule has 0 aliphatic heterocycles. The van der Waals surface area contributed by atoms with E-state index in [2.05, 4.69) is 0 Å². The Bertz CT molecular complexity index is 324. The van der Waals surface area contributed by atoms with Gasteiger partial charge in [0.25, 0.3) is 0 Å². The van der Waals surface area contributed by atoms with Crippen LogP contribution in [0, 0.1) is 6.92 Å². The fourth-order valence-electron chi connectivity index (χ4n) is 0.928. The molecule has 0 heterocycles. The number of esters is 1. The molecule has 0 aliphatic rings. The molecule has 0 aliphatic carbocycles. The van der Waals surface area contributed by atoms with Gasteiger partial charge in [-0.1, -0.05) is 23.2 Å². The summed E-state index contributed by atoms with van der Waals surface area (Å²) in [4.78, 5) is 10.7. The molecule has 70 valence electrons. The Morgan fingerprint density at radius 2 is 1.77 bits per heavy atom. The molecule has 0 unspecified atom stereocenters. The van der Waals surface area contributed by atoms with E-state index in [4.69, 9.17) is 27.9 Å². The van der Waals surface area contributed by atoms with Crippen LogP contribution in [0.2, 0.25) is 10.0 Å². The van der Waals surface area contributed by atoms with E-state index in [9.17, 15) is 4.79 Å². The average Bonchev–Trinajstić information content (AvgIpc) is 1.96. The summed E-state index contributed by atoms with van der Waals surface area (Å²) in [6.07, 6.45) is 0. The SMILES string of the molecule is CC(=O)Oc1c(Cl)cc(C)cc1Cl. The maximum atomic E-state index is 10.7. The zero-order chi connectivity index (χ0) is 10.0. The lowest BCUT2D eigenvalue weighted by Gasteiger charge is -2.06. The third-order valence-electron chi connectivity index (χ3n) is 1.39. The molecule has 0 saturated carbocycles. The van der Waals surface area contributed by atoms with Gasteiger partial charge in [-0.15, -0.1) is 0 Å². The molecule has 2 nitrogen and oxygen atoms in total. The maximum Gasteiger partial charge on any atom is 0.308 e. The van der Waals surface area contributed by atoms with Gasteiger partial charge in [0, 0.05) is 6.92 Å². The molecular weight excluding hydrogens is 211 g/mol. The predicted octanol–water partition coefficient (Wildman–Crippen LogP) is 3.23. The van der Waals surface area contributed by atoms with Gasteiger partial charge < -0.3 is 4.74 Å². The Labute approximate surface area is 86.4 Å². The Balaban J connectivity index is 3.13. The molecule has 0 spiro atoms. The van der Waals surface area contributed by atoms with Crippen LogP contribution in [-0.4, -0.2) is 5.97 Å². The average molecular weight is 219 g/mol. The van der Waals surface area contributed by atoms with Gasteiger partial charge in [-0.3, -0.25) is 4.79 Å². The van der Waals surface area contributed by atoms with Crippen molar-refractivity contribution in [1.82, 2.24) is 0 Å². The van der Waals surface area contributed by atoms with E-state index in [-0.39, 0.29) is 5.75 Å². The number of carbonyl (C=O) groups is 1. The third kappa shape index (κ3) is 2.61. The van der Waals surface area contributed by atoms with Gasteiger partial charge in [-0.25, -0.2) is 0 Å². The summed E-state index contributed by atoms with van der Waals surface area (Å²) in [6, 6.07) is 3.37. The van der Waals surface area contributed by atoms with Crippen molar-refractivity contribution >= 4 is 29.2 Å². The maximum absolute atomic E-state index is 10.7. The molecule has 1 aromatic rings. The molecule has 1 rings (SSSR count). The lowest BCUT2D eigenvalue weighted by molar-refractivity contribution is -0.131. The van der Waals surface area contributed by atoms with Gasteiger partial charge in [-0.2, -0.15) is 0 Å². The van der Waals surface area contributed by atoms with Crippen molar-refractivity contribution in [3.05, 3.63) is 27.7 Å². The highest BCUT2D eigenvalue weighted by atomic mass is 35.5. The first-order valence-corrected chi connectivity index (χ1v) is 4.40. The number of carbonyl (C=O) groups excluding carboxylic acids is 1. The number of hydrogen-bond acceptors (Lipinski definition) is 2. The Morgan fingerprint density at radius 1 is 1.31 bits per heavy atom. The molecule has 4 heteroatoms. The highest BCUT2D eigenvalue weighted by Crippen LogP contribution is 2.33. The quantitative estimate of drug-likeness (QED) is 0.535. The first-order chi connectivity index (χ1) is 6.00. The van der Waals surface area contributed by atoms with Crippen molar-refractivity contribution < 1.29 is 9.53 Å². The van der Waals surface area contributed by atoms with Crippen LogP contribution in [0.25, 0.3) is 0 Å². The van der Waals surface area contributed by atoms with Crippen molar-refractivity contribution in [3.63, 3.8) is 0 Å². The van der Waals surface area contributed by atoms with E-state index in [1.807, 2.05) is 6.92 Å². The number of halogens is 2. The molecule has 13 heavy (non-hydrogen) atoms. The monoisotopic (exact) mass is 218 g/mol. The van der Waals surface area contributed by atoms with E-state index < -0.39 is 5.97 Å². The standard InChI is InChI=1S/C9H8Cl2O2/c1-5-3-7(10)9(8(11)4-5)13-6(2)12/h3-4H,1-2H3. The summed E-state index contributed by atoms with van der Waals surface area (Å²) in [5, 5.41) is 0.695. The Kier molecular flexibility index (Phi) is 3.17. The molecule has 0 saturated heterocycles. The van der Waals surface area contributed by atoms with Gasteiger partial charge in [0.2, 0.25) is 0 Å². The van der Waals surface area contributed by atoms with Crippen molar-refractivity contribution in [2.45, 2.75) is 13.8 Å². The first-order valence-electron chi connectivity index (χ1n) is 3.65. The van der Waals surface area contributed by atoms with Crippen molar-refractivity contribution in [2.75, 3.05) is 0 Å². The van der Waals surface area contributed by atoms with Gasteiger partial charge in [0.1, 0.15) is 0 Å². The lowest BCUT2D eigenvalue weighted by atomic mass is 10.2. The lowest BCUT2D eigenvalue weighted by Crippen LogP contribution is -2.02. The highest BCUT2D eigenvalue weighted by molar-refractivity contribution is 6.37. The molecule has 0 fully saturated rings. The summed E-state index contributed by atoms with van der Waals surface area (Å²) in [6.45, 7) is 3.15. The van der Waals surface area contributed by atoms with E-state index in [0.717, 1.165) is 5.56 Å². The minimum absolute atomic E-state index is 0.224. The molecule has 0 atom stereocenters. The summed E-state index contributed by atoms with van der Waals surface area (Å²) >= 11 is 11.6. The fraction of sp³-hybridized carbons (Fsp3) is 0.222. The smallest absolute Gasteiger partial charge is 0.308 e. The first kappa shape index (κ1) is 10.4. The topological polar surface area (TPSA) is 26.3 Å². The second-order valence-electron chi connectivity index (χ2n) is 2.65. The zero-order valence-corrected chi connectivity index (χ0v) is 8.74. The molecule has 0 aromatic heterocycles. The molecular formula is C9H8Cl2O2. The van der Waals surface area contributed by atoms with Crippen LogP contribution in [0.1, 0.15) is 12.5 Å². The van der Waals surface area contributed by atoms with Crippen molar-refractivity contribution in [3.8, 4) is 5.75 Å². The fourth-order valence-corrected chi connectivity index (χ4v) is 1.60. The summed E-state index contributed by atoms with van der Waals surface area (Å²) in [7, 11) is 0. The van der Waals surface area contributed by atoms with Crippen LogP contribution >= 0.6 is 23.2 Å². The minimum atomic E-state index is -0.437. The van der Waals surface area contributed by atoms with Gasteiger partial charge in [0.15, 0.2) is 5.75 Å². The minimum Gasteiger partial charge on any atom is -0.424 e. The summed E-state index contributed by atoms with van der Waals surface area (Å²) in [5.74, 6) is -0.214. The second-order valence-corrected chi connectivity index (χ2v) is 3.47. The predicted molar refractivity (Wildman–Crippen MR) is 52.5 cm³/mol. The van der Waals surface area contributed by atoms with Crippen LogP contribution in [0.4, 0.5) is 0 Å². The zero-order valence-electron chi connectivity index (χ0n) is 7.23. The number of benzene rings is 1. The Hall–Kier alpha value is -0.730.